The molecule has 8 heteroatoms. The van der Waals surface area contributed by atoms with Gasteiger partial charge in [0, 0.05) is 5.69 Å². The quantitative estimate of drug-likeness (QED) is 0.392. The number of para-hydroxylation sites is 1. The minimum atomic E-state index is -0.322. The molecule has 4 aromatic rings. The summed E-state index contributed by atoms with van der Waals surface area (Å²) in [7, 11) is 1.48. The van der Waals surface area contributed by atoms with Gasteiger partial charge in [-0.25, -0.2) is 4.98 Å². The molecule has 0 bridgehead atoms. The minimum Gasteiger partial charge on any atom is -0.493 e. The van der Waals surface area contributed by atoms with E-state index in [1.54, 1.807) is 48.5 Å². The fraction of sp³-hybridized carbons (Fsp3) is 0.111. The van der Waals surface area contributed by atoms with Crippen molar-refractivity contribution in [3.8, 4) is 17.6 Å². The predicted octanol–water partition coefficient (Wildman–Crippen LogP) is 4.32. The summed E-state index contributed by atoms with van der Waals surface area (Å²) < 4.78 is 11.0. The van der Waals surface area contributed by atoms with Crippen LogP contribution in [0.1, 0.15) is 17.0 Å². The number of nitrogens with zero attached hydrogens (tertiary/aromatic N) is 2. The number of allylic oxidation sites excluding steroid dienone is 1. The summed E-state index contributed by atoms with van der Waals surface area (Å²) in [5, 5.41) is 12.9. The van der Waals surface area contributed by atoms with E-state index < -0.39 is 0 Å². The van der Waals surface area contributed by atoms with Crippen LogP contribution in [0, 0.1) is 18.3 Å². The minimum absolute atomic E-state index is 0.170. The Balaban J connectivity index is 1.52. The Bertz CT molecular complexity index is 1520. The van der Waals surface area contributed by atoms with E-state index in [-0.39, 0.29) is 29.5 Å². The van der Waals surface area contributed by atoms with Crippen LogP contribution in [0.4, 0.5) is 5.69 Å². The number of ether oxygens (including phenoxy) is 2. The second-order valence-electron chi connectivity index (χ2n) is 7.71. The van der Waals surface area contributed by atoms with Crippen molar-refractivity contribution in [2.75, 3.05) is 19.0 Å². The van der Waals surface area contributed by atoms with Crippen molar-refractivity contribution < 1.29 is 14.3 Å². The highest BCUT2D eigenvalue weighted by Crippen LogP contribution is 2.29. The summed E-state index contributed by atoms with van der Waals surface area (Å²) >= 11 is 0. The van der Waals surface area contributed by atoms with E-state index in [1.165, 1.54) is 7.11 Å². The topological polar surface area (TPSA) is 117 Å². The first-order chi connectivity index (χ1) is 17.0. The van der Waals surface area contributed by atoms with Gasteiger partial charge in [-0.15, -0.1) is 0 Å². The number of rotatable bonds is 7. The Morgan fingerprint density at radius 2 is 1.89 bits per heavy atom. The van der Waals surface area contributed by atoms with Crippen molar-refractivity contribution in [1.29, 1.82) is 5.26 Å². The van der Waals surface area contributed by atoms with Crippen LogP contribution in [-0.2, 0) is 4.79 Å². The molecule has 0 aliphatic carbocycles. The molecule has 0 saturated carbocycles. The van der Waals surface area contributed by atoms with E-state index in [0.29, 0.717) is 33.7 Å². The number of nitriles is 1. The molecule has 4 rings (SSSR count). The van der Waals surface area contributed by atoms with Gasteiger partial charge >= 0.3 is 0 Å². The molecule has 8 nitrogen and oxygen atoms in total. The number of aromatic amines is 1. The molecular formula is C27H22N4O4. The first-order valence-corrected chi connectivity index (χ1v) is 10.8. The number of amides is 1. The number of aryl methyl sites for hydroxylation is 1. The van der Waals surface area contributed by atoms with Crippen molar-refractivity contribution in [3.05, 3.63) is 94.0 Å². The Hall–Kier alpha value is -4.90. The number of aromatic nitrogens is 2. The molecule has 35 heavy (non-hydrogen) atoms. The highest BCUT2D eigenvalue weighted by atomic mass is 16.5. The maximum absolute atomic E-state index is 12.4. The van der Waals surface area contributed by atoms with Crippen molar-refractivity contribution in [2.24, 2.45) is 0 Å². The molecule has 0 saturated heterocycles. The third kappa shape index (κ3) is 5.54. The van der Waals surface area contributed by atoms with E-state index in [2.05, 4.69) is 21.4 Å². The summed E-state index contributed by atoms with van der Waals surface area (Å²) in [5.41, 5.74) is 2.77. The van der Waals surface area contributed by atoms with Crippen molar-refractivity contribution >= 4 is 34.1 Å². The number of hydrogen-bond acceptors (Lipinski definition) is 6. The molecule has 174 valence electrons. The molecule has 0 aliphatic heterocycles. The van der Waals surface area contributed by atoms with Crippen LogP contribution < -0.4 is 20.3 Å². The highest BCUT2D eigenvalue weighted by Gasteiger charge is 2.11. The lowest BCUT2D eigenvalue weighted by atomic mass is 10.1. The first-order valence-electron chi connectivity index (χ1n) is 10.8. The molecule has 0 spiro atoms. The van der Waals surface area contributed by atoms with E-state index in [4.69, 9.17) is 9.47 Å². The molecule has 0 aliphatic rings. The summed E-state index contributed by atoms with van der Waals surface area (Å²) in [5.74, 6) is 0.625. The molecule has 2 N–H and O–H groups in total. The summed E-state index contributed by atoms with van der Waals surface area (Å²) in [6.07, 6.45) is 1.59. The van der Waals surface area contributed by atoms with Crippen LogP contribution in [0.2, 0.25) is 0 Å². The van der Waals surface area contributed by atoms with Gasteiger partial charge in [0.25, 0.3) is 11.5 Å². The lowest BCUT2D eigenvalue weighted by molar-refractivity contribution is -0.118. The van der Waals surface area contributed by atoms with Gasteiger partial charge in [0.15, 0.2) is 23.9 Å². The second kappa shape index (κ2) is 10.4. The third-order valence-electron chi connectivity index (χ3n) is 5.18. The first kappa shape index (κ1) is 23.3. The van der Waals surface area contributed by atoms with Gasteiger partial charge in [-0.2, -0.15) is 5.26 Å². The van der Waals surface area contributed by atoms with Crippen molar-refractivity contribution in [3.63, 3.8) is 0 Å². The highest BCUT2D eigenvalue weighted by molar-refractivity contribution is 5.92. The number of benzene rings is 3. The lowest BCUT2D eigenvalue weighted by Crippen LogP contribution is -2.20. The summed E-state index contributed by atoms with van der Waals surface area (Å²) in [6.45, 7) is 1.77. The molecule has 1 amide bonds. The molecule has 3 aromatic carbocycles. The monoisotopic (exact) mass is 466 g/mol. The van der Waals surface area contributed by atoms with Gasteiger partial charge in [-0.3, -0.25) is 9.59 Å². The van der Waals surface area contributed by atoms with E-state index in [9.17, 15) is 14.9 Å². The number of carbonyl (C=O) groups excluding carboxylic acids is 1. The number of carbonyl (C=O) groups is 1. The Labute approximate surface area is 201 Å². The summed E-state index contributed by atoms with van der Waals surface area (Å²) in [4.78, 5) is 31.7. The largest absolute Gasteiger partial charge is 0.493 e. The zero-order valence-corrected chi connectivity index (χ0v) is 19.2. The second-order valence-corrected chi connectivity index (χ2v) is 7.71. The van der Waals surface area contributed by atoms with E-state index >= 15 is 0 Å². The van der Waals surface area contributed by atoms with Crippen LogP contribution in [-0.4, -0.2) is 29.6 Å². The molecule has 0 atom stereocenters. The average molecular weight is 466 g/mol. The zero-order valence-electron chi connectivity index (χ0n) is 19.2. The van der Waals surface area contributed by atoms with Crippen LogP contribution >= 0.6 is 0 Å². The van der Waals surface area contributed by atoms with Crippen molar-refractivity contribution in [2.45, 2.75) is 6.92 Å². The fourth-order valence-electron chi connectivity index (χ4n) is 3.40. The fourth-order valence-corrected chi connectivity index (χ4v) is 3.40. The lowest BCUT2D eigenvalue weighted by Gasteiger charge is -2.12. The predicted molar refractivity (Wildman–Crippen MR) is 134 cm³/mol. The molecule has 0 fully saturated rings. The average Bonchev–Trinajstić information content (AvgIpc) is 2.87. The number of hydrogen-bond donors (Lipinski definition) is 2. The van der Waals surface area contributed by atoms with Crippen LogP contribution in [0.15, 0.2) is 71.5 Å². The van der Waals surface area contributed by atoms with Gasteiger partial charge in [-0.05, 0) is 55.0 Å². The van der Waals surface area contributed by atoms with Gasteiger partial charge in [-0.1, -0.05) is 35.9 Å². The maximum Gasteiger partial charge on any atom is 0.262 e. The molecule has 0 unspecified atom stereocenters. The van der Waals surface area contributed by atoms with Crippen LogP contribution in [0.3, 0.4) is 0 Å². The number of fused-ring (bicyclic) bond motifs is 1. The molecule has 0 radical (unpaired) electrons. The third-order valence-corrected chi connectivity index (χ3v) is 5.18. The number of nitrogens with one attached hydrogen (secondary N) is 2. The standard InChI is InChI=1S/C27H22N4O4/c1-17-7-10-20(11-8-17)29-25(32)16-35-23-12-9-18(14-24(23)34-2)13-19(15-28)26-30-22-6-4-3-5-21(22)27(33)31-26/h3-14H,16H2,1-2H3,(H,29,32)(H,30,31,33). The zero-order chi connectivity index (χ0) is 24.8. The van der Waals surface area contributed by atoms with E-state index in [0.717, 1.165) is 5.56 Å². The number of methoxy groups -OCH3 is 1. The molecule has 1 heterocycles. The van der Waals surface area contributed by atoms with Gasteiger partial charge in [0.05, 0.1) is 23.6 Å². The van der Waals surface area contributed by atoms with Gasteiger partial charge < -0.3 is 19.8 Å². The van der Waals surface area contributed by atoms with Crippen molar-refractivity contribution in [1.82, 2.24) is 9.97 Å². The molecule has 1 aromatic heterocycles. The number of H-pyrrole nitrogens is 1. The van der Waals surface area contributed by atoms with Gasteiger partial charge in [0.2, 0.25) is 0 Å². The van der Waals surface area contributed by atoms with E-state index in [1.807, 2.05) is 31.2 Å². The van der Waals surface area contributed by atoms with Gasteiger partial charge in [0.1, 0.15) is 6.07 Å². The van der Waals surface area contributed by atoms with Crippen LogP contribution in [0.25, 0.3) is 22.6 Å². The number of anilines is 1. The van der Waals surface area contributed by atoms with Crippen LogP contribution in [0.5, 0.6) is 11.5 Å². The smallest absolute Gasteiger partial charge is 0.262 e. The molecular weight excluding hydrogens is 444 g/mol. The SMILES string of the molecule is COc1cc(C=C(C#N)c2nc3ccccc3c(=O)[nH]2)ccc1OCC(=O)Nc1ccc(C)cc1. The Morgan fingerprint density at radius 3 is 2.63 bits per heavy atom. The summed E-state index contributed by atoms with van der Waals surface area (Å²) in [6, 6.07) is 21.5. The normalized spacial score (nSPS) is 11.1. The maximum atomic E-state index is 12.4. The Morgan fingerprint density at radius 1 is 1.11 bits per heavy atom. The Kier molecular flexibility index (Phi) is 6.88.